The molecular weight excluding hydrogens is 232 g/mol. The van der Waals surface area contributed by atoms with E-state index >= 15 is 0 Å². The highest BCUT2D eigenvalue weighted by molar-refractivity contribution is 7.10. The predicted molar refractivity (Wildman–Crippen MR) is 72.3 cm³/mol. The van der Waals surface area contributed by atoms with Crippen LogP contribution in [0.15, 0.2) is 11.4 Å². The summed E-state index contributed by atoms with van der Waals surface area (Å²) >= 11 is 1.70. The van der Waals surface area contributed by atoms with Crippen molar-refractivity contribution in [2.75, 3.05) is 5.32 Å². The number of carbonyl (C=O) groups excluding carboxylic acids is 1. The lowest BCUT2D eigenvalue weighted by Gasteiger charge is -2.25. The summed E-state index contributed by atoms with van der Waals surface area (Å²) < 4.78 is 0. The highest BCUT2D eigenvalue weighted by Gasteiger charge is 2.27. The molecule has 1 fully saturated rings. The van der Waals surface area contributed by atoms with E-state index in [1.807, 2.05) is 11.4 Å². The maximum atomic E-state index is 11.1. The quantitative estimate of drug-likeness (QED) is 0.864. The number of carbonyl (C=O) groups is 1. The first-order valence-electron chi connectivity index (χ1n) is 6.18. The van der Waals surface area contributed by atoms with Crippen molar-refractivity contribution >= 4 is 22.9 Å². The maximum Gasteiger partial charge on any atom is 0.221 e. The molecule has 1 amide bonds. The van der Waals surface area contributed by atoms with Crippen LogP contribution in [0.4, 0.5) is 5.69 Å². The van der Waals surface area contributed by atoms with E-state index < -0.39 is 0 Å². The number of rotatable bonds is 4. The Labute approximate surface area is 107 Å². The molecule has 1 aromatic heterocycles. The van der Waals surface area contributed by atoms with E-state index in [0.717, 1.165) is 12.2 Å². The molecule has 0 bridgehead atoms. The molecule has 0 aliphatic heterocycles. The Hall–Kier alpha value is -0.870. The highest BCUT2D eigenvalue weighted by Crippen LogP contribution is 2.30. The molecule has 0 spiro atoms. The van der Waals surface area contributed by atoms with Gasteiger partial charge in [-0.15, -0.1) is 11.3 Å². The van der Waals surface area contributed by atoms with Gasteiger partial charge in [0.05, 0.1) is 5.69 Å². The van der Waals surface area contributed by atoms with Gasteiger partial charge in [-0.2, -0.15) is 0 Å². The molecule has 2 rings (SSSR count). The van der Waals surface area contributed by atoms with Crippen LogP contribution < -0.4 is 10.6 Å². The van der Waals surface area contributed by atoms with Gasteiger partial charge in [0.1, 0.15) is 0 Å². The predicted octanol–water partition coefficient (Wildman–Crippen LogP) is 3.13. The van der Waals surface area contributed by atoms with Crippen molar-refractivity contribution in [1.82, 2.24) is 5.32 Å². The molecular formula is C13H20N2OS. The first-order valence-corrected chi connectivity index (χ1v) is 7.06. The van der Waals surface area contributed by atoms with Crippen molar-refractivity contribution < 1.29 is 4.79 Å². The molecule has 1 saturated carbocycles. The summed E-state index contributed by atoms with van der Waals surface area (Å²) in [5.74, 6) is -0.00303. The zero-order chi connectivity index (χ0) is 12.3. The molecule has 1 heterocycles. The van der Waals surface area contributed by atoms with Gasteiger partial charge in [-0.3, -0.25) is 4.79 Å². The van der Waals surface area contributed by atoms with Crippen molar-refractivity contribution in [1.29, 1.82) is 0 Å². The Morgan fingerprint density at radius 1 is 1.47 bits per heavy atom. The third-order valence-corrected chi connectivity index (χ3v) is 4.36. The van der Waals surface area contributed by atoms with Gasteiger partial charge in [0.25, 0.3) is 0 Å². The summed E-state index contributed by atoms with van der Waals surface area (Å²) in [6.45, 7) is 4.70. The van der Waals surface area contributed by atoms with E-state index in [2.05, 4.69) is 17.6 Å². The first kappa shape index (κ1) is 12.6. The minimum Gasteiger partial charge on any atom is -0.325 e. The third kappa shape index (κ3) is 3.30. The molecule has 1 aliphatic rings. The van der Waals surface area contributed by atoms with Gasteiger partial charge in [0.2, 0.25) is 5.91 Å². The van der Waals surface area contributed by atoms with E-state index in [1.54, 1.807) is 18.3 Å². The Kier molecular flexibility index (Phi) is 3.84. The standard InChI is InChI=1S/C13H20N2OS/c1-10(16)15-11-5-8-17-12(11)9-14-13(2)6-3-4-7-13/h5,8,14H,3-4,6-7,9H2,1-2H3,(H,15,16). The lowest BCUT2D eigenvalue weighted by molar-refractivity contribution is -0.114. The fourth-order valence-corrected chi connectivity index (χ4v) is 3.17. The molecule has 0 aromatic carbocycles. The number of hydrogen-bond acceptors (Lipinski definition) is 3. The van der Waals surface area contributed by atoms with Gasteiger partial charge in [-0.25, -0.2) is 0 Å². The monoisotopic (exact) mass is 252 g/mol. The second-order valence-corrected chi connectivity index (χ2v) is 6.06. The van der Waals surface area contributed by atoms with Crippen LogP contribution in [0.25, 0.3) is 0 Å². The van der Waals surface area contributed by atoms with Crippen LogP contribution in [-0.2, 0) is 11.3 Å². The minimum atomic E-state index is -0.00303. The van der Waals surface area contributed by atoms with Gasteiger partial charge in [-0.05, 0) is 31.2 Å². The van der Waals surface area contributed by atoms with Crippen molar-refractivity contribution in [3.63, 3.8) is 0 Å². The average Bonchev–Trinajstić information content (AvgIpc) is 2.85. The molecule has 1 aliphatic carbocycles. The Balaban J connectivity index is 1.94. The van der Waals surface area contributed by atoms with Crippen LogP contribution in [0.1, 0.15) is 44.4 Å². The van der Waals surface area contributed by atoms with E-state index in [0.29, 0.717) is 0 Å². The normalized spacial score (nSPS) is 18.2. The highest BCUT2D eigenvalue weighted by atomic mass is 32.1. The van der Waals surface area contributed by atoms with Crippen LogP contribution in [-0.4, -0.2) is 11.4 Å². The fraction of sp³-hybridized carbons (Fsp3) is 0.615. The fourth-order valence-electron chi connectivity index (χ4n) is 2.40. The molecule has 3 nitrogen and oxygen atoms in total. The Morgan fingerprint density at radius 3 is 2.82 bits per heavy atom. The van der Waals surface area contributed by atoms with Crippen LogP contribution in [0.2, 0.25) is 0 Å². The first-order chi connectivity index (χ1) is 8.09. The van der Waals surface area contributed by atoms with E-state index in [4.69, 9.17) is 0 Å². The number of hydrogen-bond donors (Lipinski definition) is 2. The zero-order valence-corrected chi connectivity index (χ0v) is 11.3. The Morgan fingerprint density at radius 2 is 2.18 bits per heavy atom. The van der Waals surface area contributed by atoms with Gasteiger partial charge in [0, 0.05) is 23.9 Å². The second kappa shape index (κ2) is 5.19. The summed E-state index contributed by atoms with van der Waals surface area (Å²) in [5.41, 5.74) is 1.24. The van der Waals surface area contributed by atoms with Crippen LogP contribution in [0.5, 0.6) is 0 Å². The molecule has 4 heteroatoms. The van der Waals surface area contributed by atoms with Gasteiger partial charge < -0.3 is 10.6 Å². The van der Waals surface area contributed by atoms with Crippen LogP contribution in [0.3, 0.4) is 0 Å². The van der Waals surface area contributed by atoms with E-state index in [9.17, 15) is 4.79 Å². The van der Waals surface area contributed by atoms with Crippen LogP contribution in [0, 0.1) is 0 Å². The van der Waals surface area contributed by atoms with E-state index in [1.165, 1.54) is 30.6 Å². The van der Waals surface area contributed by atoms with Crippen LogP contribution >= 0.6 is 11.3 Å². The number of anilines is 1. The lowest BCUT2D eigenvalue weighted by Crippen LogP contribution is -2.38. The van der Waals surface area contributed by atoms with Crippen molar-refractivity contribution in [2.45, 2.75) is 51.6 Å². The Bertz CT molecular complexity index is 394. The molecule has 0 saturated heterocycles. The topological polar surface area (TPSA) is 41.1 Å². The van der Waals surface area contributed by atoms with Crippen molar-refractivity contribution in [3.05, 3.63) is 16.3 Å². The maximum absolute atomic E-state index is 11.1. The van der Waals surface area contributed by atoms with Gasteiger partial charge >= 0.3 is 0 Å². The molecule has 2 N–H and O–H groups in total. The van der Waals surface area contributed by atoms with Gasteiger partial charge in [0.15, 0.2) is 0 Å². The minimum absolute atomic E-state index is 0.00303. The second-order valence-electron chi connectivity index (χ2n) is 5.06. The molecule has 0 radical (unpaired) electrons. The summed E-state index contributed by atoms with van der Waals surface area (Å²) in [6, 6.07) is 1.97. The summed E-state index contributed by atoms with van der Waals surface area (Å²) in [5, 5.41) is 8.53. The number of thiophene rings is 1. The molecule has 17 heavy (non-hydrogen) atoms. The summed E-state index contributed by atoms with van der Waals surface area (Å²) in [4.78, 5) is 12.3. The van der Waals surface area contributed by atoms with Crippen molar-refractivity contribution in [3.8, 4) is 0 Å². The molecule has 0 atom stereocenters. The zero-order valence-electron chi connectivity index (χ0n) is 10.5. The summed E-state index contributed by atoms with van der Waals surface area (Å²) in [7, 11) is 0. The lowest BCUT2D eigenvalue weighted by atomic mass is 10.0. The molecule has 0 unspecified atom stereocenters. The third-order valence-electron chi connectivity index (χ3n) is 3.44. The SMILES string of the molecule is CC(=O)Nc1ccsc1CNC1(C)CCCC1. The average molecular weight is 252 g/mol. The van der Waals surface area contributed by atoms with Gasteiger partial charge in [-0.1, -0.05) is 12.8 Å². The molecule has 1 aromatic rings. The number of amides is 1. The van der Waals surface area contributed by atoms with E-state index in [-0.39, 0.29) is 11.4 Å². The molecule has 94 valence electrons. The largest absolute Gasteiger partial charge is 0.325 e. The summed E-state index contributed by atoms with van der Waals surface area (Å²) in [6.07, 6.45) is 5.17. The number of nitrogens with one attached hydrogen (secondary N) is 2. The smallest absolute Gasteiger partial charge is 0.221 e. The van der Waals surface area contributed by atoms with Crippen molar-refractivity contribution in [2.24, 2.45) is 0 Å².